The normalized spacial score (nSPS) is 14.6. The van der Waals surface area contributed by atoms with Gasteiger partial charge in [0.25, 0.3) is 5.91 Å². The van der Waals surface area contributed by atoms with Crippen molar-refractivity contribution in [1.82, 2.24) is 9.88 Å². The first-order valence-corrected chi connectivity index (χ1v) is 10.0. The molecule has 2 heterocycles. The first kappa shape index (κ1) is 19.2. The van der Waals surface area contributed by atoms with Crippen LogP contribution in [0.4, 0.5) is 11.5 Å². The fourth-order valence-electron chi connectivity index (χ4n) is 3.54. The number of hydrogen-bond donors (Lipinski definition) is 1. The standard InChI is InChI=1S/C24H26N4O/c1-19-5-9-21(10-6-19)24(29)26-22-11-7-20(8-12-22)18-27-14-16-28(17-15-27)23-4-2-3-13-25-23/h2-13H,14-18H2,1H3,(H,26,29). The molecule has 0 unspecified atom stereocenters. The van der Waals surface area contributed by atoms with E-state index in [4.69, 9.17) is 0 Å². The zero-order valence-corrected chi connectivity index (χ0v) is 16.7. The summed E-state index contributed by atoms with van der Waals surface area (Å²) in [6.45, 7) is 6.94. The molecular formula is C24H26N4O. The largest absolute Gasteiger partial charge is 0.354 e. The highest BCUT2D eigenvalue weighted by Crippen LogP contribution is 2.16. The molecule has 5 nitrogen and oxygen atoms in total. The molecular weight excluding hydrogens is 360 g/mol. The summed E-state index contributed by atoms with van der Waals surface area (Å²) in [5.74, 6) is 0.976. The maximum atomic E-state index is 12.3. The highest BCUT2D eigenvalue weighted by Gasteiger charge is 2.17. The number of anilines is 2. The number of carbonyl (C=O) groups excluding carboxylic acids is 1. The van der Waals surface area contributed by atoms with Crippen molar-refractivity contribution >= 4 is 17.4 Å². The van der Waals surface area contributed by atoms with Gasteiger partial charge in [-0.25, -0.2) is 4.98 Å². The van der Waals surface area contributed by atoms with Crippen LogP contribution in [0.15, 0.2) is 72.9 Å². The number of piperazine rings is 1. The van der Waals surface area contributed by atoms with E-state index in [1.807, 2.05) is 61.7 Å². The molecule has 1 aliphatic heterocycles. The van der Waals surface area contributed by atoms with Crippen molar-refractivity contribution in [3.63, 3.8) is 0 Å². The van der Waals surface area contributed by atoms with E-state index in [1.165, 1.54) is 5.56 Å². The van der Waals surface area contributed by atoms with Crippen LogP contribution in [0.2, 0.25) is 0 Å². The van der Waals surface area contributed by atoms with Crippen LogP contribution in [0.25, 0.3) is 0 Å². The van der Waals surface area contributed by atoms with Crippen LogP contribution >= 0.6 is 0 Å². The Morgan fingerprint density at radius 1 is 0.931 bits per heavy atom. The molecule has 5 heteroatoms. The van der Waals surface area contributed by atoms with Crippen molar-refractivity contribution in [2.45, 2.75) is 13.5 Å². The summed E-state index contributed by atoms with van der Waals surface area (Å²) >= 11 is 0. The van der Waals surface area contributed by atoms with Crippen LogP contribution in [0.3, 0.4) is 0 Å². The van der Waals surface area contributed by atoms with Gasteiger partial charge in [0.05, 0.1) is 0 Å². The van der Waals surface area contributed by atoms with Crippen molar-refractivity contribution in [2.24, 2.45) is 0 Å². The zero-order valence-electron chi connectivity index (χ0n) is 16.7. The number of aryl methyl sites for hydroxylation is 1. The molecule has 0 atom stereocenters. The summed E-state index contributed by atoms with van der Waals surface area (Å²) in [6, 6.07) is 21.8. The lowest BCUT2D eigenvalue weighted by molar-refractivity contribution is 0.102. The molecule has 2 aromatic carbocycles. The minimum absolute atomic E-state index is 0.0802. The molecule has 1 fully saturated rings. The first-order valence-electron chi connectivity index (χ1n) is 10.0. The topological polar surface area (TPSA) is 48.5 Å². The summed E-state index contributed by atoms with van der Waals surface area (Å²) in [6.07, 6.45) is 1.85. The third kappa shape index (κ3) is 5.00. The number of pyridine rings is 1. The van der Waals surface area contributed by atoms with E-state index in [0.717, 1.165) is 49.8 Å². The van der Waals surface area contributed by atoms with Gasteiger partial charge in [-0.1, -0.05) is 35.9 Å². The molecule has 0 saturated carbocycles. The van der Waals surface area contributed by atoms with Crippen molar-refractivity contribution in [1.29, 1.82) is 0 Å². The third-order valence-electron chi connectivity index (χ3n) is 5.28. The molecule has 0 aliphatic carbocycles. The highest BCUT2D eigenvalue weighted by molar-refractivity contribution is 6.04. The molecule has 1 aromatic heterocycles. The number of nitrogens with zero attached hydrogens (tertiary/aromatic N) is 3. The lowest BCUT2D eigenvalue weighted by Crippen LogP contribution is -2.46. The second-order valence-corrected chi connectivity index (χ2v) is 7.47. The maximum absolute atomic E-state index is 12.3. The summed E-state index contributed by atoms with van der Waals surface area (Å²) < 4.78 is 0. The Morgan fingerprint density at radius 2 is 1.66 bits per heavy atom. The average molecular weight is 386 g/mol. The van der Waals surface area contributed by atoms with E-state index in [0.29, 0.717) is 5.56 Å². The Labute approximate surface area is 172 Å². The van der Waals surface area contributed by atoms with Gasteiger partial charge in [0.2, 0.25) is 0 Å². The molecule has 1 N–H and O–H groups in total. The minimum Gasteiger partial charge on any atom is -0.354 e. The second-order valence-electron chi connectivity index (χ2n) is 7.47. The summed E-state index contributed by atoms with van der Waals surface area (Å²) in [4.78, 5) is 21.6. The molecule has 0 bridgehead atoms. The van der Waals surface area contributed by atoms with E-state index >= 15 is 0 Å². The Bertz CT molecular complexity index is 931. The van der Waals surface area contributed by atoms with Crippen LogP contribution in [-0.4, -0.2) is 42.0 Å². The minimum atomic E-state index is -0.0802. The van der Waals surface area contributed by atoms with E-state index in [1.54, 1.807) is 0 Å². The van der Waals surface area contributed by atoms with E-state index in [2.05, 4.69) is 38.3 Å². The van der Waals surface area contributed by atoms with E-state index in [-0.39, 0.29) is 5.91 Å². The molecule has 1 amide bonds. The van der Waals surface area contributed by atoms with Gasteiger partial charge in [-0.2, -0.15) is 0 Å². The Morgan fingerprint density at radius 3 is 2.31 bits per heavy atom. The molecule has 148 valence electrons. The van der Waals surface area contributed by atoms with E-state index in [9.17, 15) is 4.79 Å². The number of benzene rings is 2. The Kier molecular flexibility index (Phi) is 5.86. The van der Waals surface area contributed by atoms with Gasteiger partial charge in [-0.05, 0) is 48.9 Å². The SMILES string of the molecule is Cc1ccc(C(=O)Nc2ccc(CN3CCN(c4ccccn4)CC3)cc2)cc1. The smallest absolute Gasteiger partial charge is 0.255 e. The Balaban J connectivity index is 1.28. The predicted molar refractivity (Wildman–Crippen MR) is 117 cm³/mol. The van der Waals surface area contributed by atoms with Crippen molar-refractivity contribution in [3.05, 3.63) is 89.6 Å². The number of amides is 1. The summed E-state index contributed by atoms with van der Waals surface area (Å²) in [7, 11) is 0. The van der Waals surface area contributed by atoms with Crippen molar-refractivity contribution in [3.8, 4) is 0 Å². The van der Waals surface area contributed by atoms with Crippen LogP contribution in [0.5, 0.6) is 0 Å². The third-order valence-corrected chi connectivity index (χ3v) is 5.28. The van der Waals surface area contributed by atoms with E-state index < -0.39 is 0 Å². The van der Waals surface area contributed by atoms with Crippen LogP contribution < -0.4 is 10.2 Å². The average Bonchev–Trinajstić information content (AvgIpc) is 2.77. The molecule has 1 saturated heterocycles. The number of hydrogen-bond acceptors (Lipinski definition) is 4. The first-order chi connectivity index (χ1) is 14.2. The molecule has 4 rings (SSSR count). The fourth-order valence-corrected chi connectivity index (χ4v) is 3.54. The van der Waals surface area contributed by atoms with Gasteiger partial charge < -0.3 is 10.2 Å². The summed E-state index contributed by atoms with van der Waals surface area (Å²) in [5.41, 5.74) is 3.89. The van der Waals surface area contributed by atoms with Crippen LogP contribution in [0, 0.1) is 6.92 Å². The molecule has 3 aromatic rings. The lowest BCUT2D eigenvalue weighted by Gasteiger charge is -2.35. The van der Waals surface area contributed by atoms with Gasteiger partial charge in [-0.15, -0.1) is 0 Å². The monoisotopic (exact) mass is 386 g/mol. The number of nitrogens with one attached hydrogen (secondary N) is 1. The van der Waals surface area contributed by atoms with Gasteiger partial charge >= 0.3 is 0 Å². The van der Waals surface area contributed by atoms with Gasteiger partial charge in [-0.3, -0.25) is 9.69 Å². The number of rotatable bonds is 5. The van der Waals surface area contributed by atoms with Gasteiger partial charge in [0, 0.05) is 50.2 Å². The molecule has 0 spiro atoms. The molecule has 1 aliphatic rings. The maximum Gasteiger partial charge on any atom is 0.255 e. The van der Waals surface area contributed by atoms with Crippen molar-refractivity contribution < 1.29 is 4.79 Å². The summed E-state index contributed by atoms with van der Waals surface area (Å²) in [5, 5.41) is 2.97. The van der Waals surface area contributed by atoms with Crippen LogP contribution in [0.1, 0.15) is 21.5 Å². The Hall–Kier alpha value is -3.18. The molecule has 29 heavy (non-hydrogen) atoms. The quantitative estimate of drug-likeness (QED) is 0.721. The molecule has 0 radical (unpaired) electrons. The van der Waals surface area contributed by atoms with Crippen molar-refractivity contribution in [2.75, 3.05) is 36.4 Å². The number of aromatic nitrogens is 1. The number of carbonyl (C=O) groups is 1. The highest BCUT2D eigenvalue weighted by atomic mass is 16.1. The predicted octanol–water partition coefficient (Wildman–Crippen LogP) is 3.96. The van der Waals surface area contributed by atoms with Crippen LogP contribution in [-0.2, 0) is 6.54 Å². The second kappa shape index (κ2) is 8.88. The fraction of sp³-hybridized carbons (Fsp3) is 0.250. The van der Waals surface area contributed by atoms with Gasteiger partial charge in [0.1, 0.15) is 5.82 Å². The lowest BCUT2D eigenvalue weighted by atomic mass is 10.1. The zero-order chi connectivity index (χ0) is 20.1. The van der Waals surface area contributed by atoms with Gasteiger partial charge in [0.15, 0.2) is 0 Å².